The Balaban J connectivity index is 2.24. The van der Waals surface area contributed by atoms with Gasteiger partial charge in [-0.25, -0.2) is 4.79 Å². The summed E-state index contributed by atoms with van der Waals surface area (Å²) in [4.78, 5) is 37.8. The van der Waals surface area contributed by atoms with Gasteiger partial charge in [-0.1, -0.05) is 19.9 Å². The van der Waals surface area contributed by atoms with Crippen LogP contribution in [-0.4, -0.2) is 31.8 Å². The molecule has 0 fully saturated rings. The van der Waals surface area contributed by atoms with E-state index in [0.717, 1.165) is 0 Å². The molecule has 7 heteroatoms. The topological polar surface area (TPSA) is 92.0 Å². The van der Waals surface area contributed by atoms with Crippen LogP contribution in [0.25, 0.3) is 0 Å². The van der Waals surface area contributed by atoms with Crippen LogP contribution < -0.4 is 9.47 Å². The first kappa shape index (κ1) is 21.1. The van der Waals surface area contributed by atoms with Crippen molar-refractivity contribution in [1.29, 1.82) is 0 Å². The minimum Gasteiger partial charge on any atom is -0.496 e. The summed E-state index contributed by atoms with van der Waals surface area (Å²) in [5.41, 5.74) is -0.225. The number of ether oxygens (including phenoxy) is 3. The van der Waals surface area contributed by atoms with Crippen molar-refractivity contribution in [1.82, 2.24) is 0 Å². The highest BCUT2D eigenvalue weighted by Crippen LogP contribution is 2.47. The Kier molecular flexibility index (Phi) is 5.64. The highest BCUT2D eigenvalue weighted by atomic mass is 16.6. The lowest BCUT2D eigenvalue weighted by Gasteiger charge is -2.33. The van der Waals surface area contributed by atoms with Gasteiger partial charge in [0.1, 0.15) is 17.6 Å². The zero-order valence-electron chi connectivity index (χ0n) is 17.2. The molecule has 1 aliphatic rings. The van der Waals surface area contributed by atoms with Gasteiger partial charge in [-0.15, -0.1) is 6.58 Å². The van der Waals surface area contributed by atoms with E-state index in [1.165, 1.54) is 38.7 Å². The predicted octanol–water partition coefficient (Wildman–Crippen LogP) is 4.34. The maximum atomic E-state index is 12.7. The van der Waals surface area contributed by atoms with Crippen LogP contribution in [0.3, 0.4) is 0 Å². The Morgan fingerprint density at radius 3 is 2.33 bits per heavy atom. The number of esters is 1. The molecule has 1 aromatic carbocycles. The Hall–Kier alpha value is -3.61. The molecule has 1 aliphatic carbocycles. The number of carbonyl (C=O) groups excluding carboxylic acids is 3. The summed E-state index contributed by atoms with van der Waals surface area (Å²) in [5.74, 6) is -1.13. The van der Waals surface area contributed by atoms with Gasteiger partial charge in [0.15, 0.2) is 11.6 Å². The van der Waals surface area contributed by atoms with Crippen molar-refractivity contribution in [2.45, 2.75) is 20.0 Å². The van der Waals surface area contributed by atoms with Gasteiger partial charge < -0.3 is 18.6 Å². The number of methoxy groups -OCH3 is 2. The van der Waals surface area contributed by atoms with Crippen LogP contribution in [0.5, 0.6) is 11.5 Å². The molecule has 3 rings (SSSR count). The van der Waals surface area contributed by atoms with Crippen molar-refractivity contribution in [3.8, 4) is 11.5 Å². The molecule has 2 aromatic rings. The lowest BCUT2D eigenvalue weighted by Crippen LogP contribution is -2.27. The molecule has 0 radical (unpaired) electrons. The first-order chi connectivity index (χ1) is 14.2. The Morgan fingerprint density at radius 2 is 1.80 bits per heavy atom. The normalized spacial score (nSPS) is 14.1. The van der Waals surface area contributed by atoms with Crippen LogP contribution in [0.1, 0.15) is 56.8 Å². The molecule has 0 spiro atoms. The smallest absolute Gasteiger partial charge is 0.374 e. The number of carbonyl (C=O) groups is 3. The fourth-order valence-electron chi connectivity index (χ4n) is 3.32. The standard InChI is InChI=1S/C23H22O7/c1-6-23(2,3)21(30-22(26)16-8-7-11-29-16)13-12-17(27-4)18-14(24)9-10-15(25)19(18)20(13)28-5/h6-12,21H,1H2,2-5H3. The van der Waals surface area contributed by atoms with E-state index in [1.54, 1.807) is 18.2 Å². The van der Waals surface area contributed by atoms with Gasteiger partial charge in [-0.3, -0.25) is 9.59 Å². The van der Waals surface area contributed by atoms with Crippen LogP contribution in [-0.2, 0) is 4.74 Å². The Morgan fingerprint density at radius 1 is 1.13 bits per heavy atom. The second-order valence-electron chi connectivity index (χ2n) is 7.30. The number of hydrogen-bond donors (Lipinski definition) is 0. The van der Waals surface area contributed by atoms with Gasteiger partial charge in [0.2, 0.25) is 5.76 Å². The predicted molar refractivity (Wildman–Crippen MR) is 108 cm³/mol. The van der Waals surface area contributed by atoms with Gasteiger partial charge in [-0.2, -0.15) is 0 Å². The van der Waals surface area contributed by atoms with Crippen molar-refractivity contribution >= 4 is 17.5 Å². The van der Waals surface area contributed by atoms with Crippen LogP contribution in [0.4, 0.5) is 0 Å². The van der Waals surface area contributed by atoms with E-state index < -0.39 is 23.3 Å². The van der Waals surface area contributed by atoms with E-state index in [4.69, 9.17) is 18.6 Å². The van der Waals surface area contributed by atoms with Gasteiger partial charge in [-0.05, 0) is 30.4 Å². The third-order valence-corrected chi connectivity index (χ3v) is 5.01. The minimum absolute atomic E-state index is 0.0259. The quantitative estimate of drug-likeness (QED) is 0.495. The number of allylic oxidation sites excluding steroid dienone is 2. The average Bonchev–Trinajstić information content (AvgIpc) is 3.28. The van der Waals surface area contributed by atoms with E-state index >= 15 is 0 Å². The van der Waals surface area contributed by atoms with Gasteiger partial charge in [0.25, 0.3) is 0 Å². The van der Waals surface area contributed by atoms with Crippen molar-refractivity contribution in [2.75, 3.05) is 14.2 Å². The third-order valence-electron chi connectivity index (χ3n) is 5.01. The molecule has 30 heavy (non-hydrogen) atoms. The summed E-state index contributed by atoms with van der Waals surface area (Å²) in [7, 11) is 2.78. The minimum atomic E-state index is -0.921. The largest absolute Gasteiger partial charge is 0.496 e. The molecular weight excluding hydrogens is 388 g/mol. The SMILES string of the molecule is C=CC(C)(C)C(OC(=O)c1ccco1)c1cc(OC)c2c(c1OC)C(=O)C=CC2=O. The van der Waals surface area contributed by atoms with Crippen molar-refractivity contribution < 1.29 is 33.0 Å². The van der Waals surface area contributed by atoms with Crippen LogP contribution in [0.15, 0.2) is 53.7 Å². The second kappa shape index (κ2) is 8.02. The molecule has 1 heterocycles. The molecule has 1 atom stereocenters. The zero-order valence-corrected chi connectivity index (χ0v) is 17.2. The molecule has 7 nitrogen and oxygen atoms in total. The first-order valence-electron chi connectivity index (χ1n) is 9.18. The maximum Gasteiger partial charge on any atom is 0.374 e. The Bertz CT molecular complexity index is 1040. The van der Waals surface area contributed by atoms with Gasteiger partial charge in [0.05, 0.1) is 31.6 Å². The molecule has 0 aliphatic heterocycles. The van der Waals surface area contributed by atoms with Crippen LogP contribution in [0.2, 0.25) is 0 Å². The Labute approximate surface area is 173 Å². The van der Waals surface area contributed by atoms with Crippen molar-refractivity contribution in [3.63, 3.8) is 0 Å². The number of furan rings is 1. The summed E-state index contributed by atoms with van der Waals surface area (Å²) < 4.78 is 21.9. The number of fused-ring (bicyclic) bond motifs is 1. The molecule has 0 amide bonds. The summed E-state index contributed by atoms with van der Waals surface area (Å²) in [6.07, 6.45) is 4.44. The molecule has 1 unspecified atom stereocenters. The van der Waals surface area contributed by atoms with Crippen LogP contribution in [0, 0.1) is 5.41 Å². The molecule has 0 bridgehead atoms. The maximum absolute atomic E-state index is 12.7. The number of rotatable bonds is 7. The van der Waals surface area contributed by atoms with E-state index in [2.05, 4.69) is 6.58 Å². The summed E-state index contributed by atoms with van der Waals surface area (Å²) in [6, 6.07) is 4.61. The van der Waals surface area contributed by atoms with Gasteiger partial charge in [0, 0.05) is 11.0 Å². The lowest BCUT2D eigenvalue weighted by atomic mass is 9.80. The zero-order chi connectivity index (χ0) is 22.1. The fourth-order valence-corrected chi connectivity index (χ4v) is 3.32. The molecule has 0 saturated carbocycles. The average molecular weight is 410 g/mol. The van der Waals surface area contributed by atoms with E-state index in [0.29, 0.717) is 5.56 Å². The highest BCUT2D eigenvalue weighted by Gasteiger charge is 2.39. The first-order valence-corrected chi connectivity index (χ1v) is 9.18. The van der Waals surface area contributed by atoms with Crippen LogP contribution >= 0.6 is 0 Å². The van der Waals surface area contributed by atoms with Crippen molar-refractivity contribution in [2.24, 2.45) is 5.41 Å². The number of hydrogen-bond acceptors (Lipinski definition) is 7. The summed E-state index contributed by atoms with van der Waals surface area (Å²) in [5, 5.41) is 0. The molecule has 0 saturated heterocycles. The third kappa shape index (κ3) is 3.54. The van der Waals surface area contributed by atoms with E-state index in [-0.39, 0.29) is 34.2 Å². The molecule has 0 N–H and O–H groups in total. The summed E-state index contributed by atoms with van der Waals surface area (Å²) >= 11 is 0. The highest BCUT2D eigenvalue weighted by molar-refractivity contribution is 6.24. The molecule has 156 valence electrons. The van der Waals surface area contributed by atoms with Gasteiger partial charge >= 0.3 is 5.97 Å². The monoisotopic (exact) mass is 410 g/mol. The summed E-state index contributed by atoms with van der Waals surface area (Å²) in [6.45, 7) is 7.48. The lowest BCUT2D eigenvalue weighted by molar-refractivity contribution is -0.000424. The number of ketones is 2. The van der Waals surface area contributed by atoms with Crippen molar-refractivity contribution in [3.05, 3.63) is 71.7 Å². The number of benzene rings is 1. The molecule has 1 aromatic heterocycles. The van der Waals surface area contributed by atoms with E-state index in [1.807, 2.05) is 13.8 Å². The fraction of sp³-hybridized carbons (Fsp3) is 0.261. The molecular formula is C23H22O7. The second-order valence-corrected chi connectivity index (χ2v) is 7.30. The van der Waals surface area contributed by atoms with E-state index in [9.17, 15) is 14.4 Å².